The van der Waals surface area contributed by atoms with Crippen LogP contribution >= 0.6 is 0 Å². The van der Waals surface area contributed by atoms with Crippen molar-refractivity contribution in [3.63, 3.8) is 0 Å². The van der Waals surface area contributed by atoms with E-state index >= 15 is 0 Å². The van der Waals surface area contributed by atoms with Crippen molar-refractivity contribution in [2.45, 2.75) is 0 Å². The van der Waals surface area contributed by atoms with E-state index in [4.69, 9.17) is 14.9 Å². The monoisotopic (exact) mass is 247 g/mol. The van der Waals surface area contributed by atoms with Crippen molar-refractivity contribution in [3.8, 4) is 0 Å². The number of hydrogen-bond acceptors (Lipinski definition) is 6. The highest BCUT2D eigenvalue weighted by Crippen LogP contribution is 2.20. The lowest BCUT2D eigenvalue weighted by Crippen LogP contribution is -2.36. The molecule has 1 fully saturated rings. The van der Waals surface area contributed by atoms with Gasteiger partial charge in [0, 0.05) is 18.8 Å². The summed E-state index contributed by atoms with van der Waals surface area (Å²) in [6.45, 7) is 3.37. The Kier molecular flexibility index (Phi) is 6.08. The Hall–Kier alpha value is -2.26. The van der Waals surface area contributed by atoms with Crippen molar-refractivity contribution in [2.24, 2.45) is 4.99 Å². The smallest absolute Gasteiger partial charge is 0.240 e. The number of benzene rings is 1. The summed E-state index contributed by atoms with van der Waals surface area (Å²) in [7, 11) is 0. The Morgan fingerprint density at radius 3 is 2.22 bits per heavy atom. The Morgan fingerprint density at radius 1 is 1.17 bits per heavy atom. The molecule has 0 spiro atoms. The quantitative estimate of drug-likeness (QED) is 0.632. The highest BCUT2D eigenvalue weighted by Gasteiger charge is 2.10. The van der Waals surface area contributed by atoms with Crippen LogP contribution in [-0.2, 0) is 14.3 Å². The van der Waals surface area contributed by atoms with E-state index in [0.717, 1.165) is 38.1 Å². The SMILES string of the molecule is N=C=O.O=C=Nc1ccc(N2CCOCC2)cc1. The van der Waals surface area contributed by atoms with Crippen molar-refractivity contribution in [1.82, 2.24) is 0 Å². The maximum absolute atomic E-state index is 10.0. The third-order valence-electron chi connectivity index (χ3n) is 2.40. The average Bonchev–Trinajstić information content (AvgIpc) is 2.42. The molecule has 0 unspecified atom stereocenters. The minimum Gasteiger partial charge on any atom is -0.378 e. The standard InChI is InChI=1S/C11H12N2O2.CHNO/c14-9-12-10-1-3-11(4-2-10)13-5-7-15-8-6-13;2-1-3/h1-4H,5-8H2;2H. The van der Waals surface area contributed by atoms with Crippen molar-refractivity contribution >= 4 is 23.5 Å². The molecule has 1 aromatic carbocycles. The maximum atomic E-state index is 10.0. The summed E-state index contributed by atoms with van der Waals surface area (Å²) in [6, 6.07) is 7.55. The molecule has 0 aromatic heterocycles. The summed E-state index contributed by atoms with van der Waals surface area (Å²) in [6.07, 6.45) is 2.27. The number of carbonyl (C=O) groups excluding carboxylic acids is 2. The van der Waals surface area contributed by atoms with Gasteiger partial charge in [0.2, 0.25) is 12.2 Å². The van der Waals surface area contributed by atoms with Gasteiger partial charge < -0.3 is 9.64 Å². The van der Waals surface area contributed by atoms with E-state index in [-0.39, 0.29) is 0 Å². The van der Waals surface area contributed by atoms with E-state index in [2.05, 4.69) is 9.89 Å². The fourth-order valence-electron chi connectivity index (χ4n) is 1.61. The number of rotatable bonds is 2. The minimum absolute atomic E-state index is 0.641. The molecule has 0 amide bonds. The summed E-state index contributed by atoms with van der Waals surface area (Å²) in [5.74, 6) is 0. The summed E-state index contributed by atoms with van der Waals surface area (Å²) >= 11 is 0. The molecule has 1 heterocycles. The molecule has 2 rings (SSSR count). The van der Waals surface area contributed by atoms with Gasteiger partial charge in [0.1, 0.15) is 0 Å². The first-order chi connectivity index (χ1) is 8.81. The average molecular weight is 247 g/mol. The molecule has 1 aromatic rings. The largest absolute Gasteiger partial charge is 0.378 e. The Morgan fingerprint density at radius 2 is 1.72 bits per heavy atom. The van der Waals surface area contributed by atoms with Crippen LogP contribution in [0.1, 0.15) is 0 Å². The van der Waals surface area contributed by atoms with E-state index in [1.807, 2.05) is 24.3 Å². The van der Waals surface area contributed by atoms with Gasteiger partial charge >= 0.3 is 0 Å². The number of ether oxygens (including phenoxy) is 1. The van der Waals surface area contributed by atoms with Crippen LogP contribution in [0.3, 0.4) is 0 Å². The predicted molar refractivity (Wildman–Crippen MR) is 65.7 cm³/mol. The molecular formula is C12H13N3O3. The number of nitrogens with one attached hydrogen (secondary N) is 1. The summed E-state index contributed by atoms with van der Waals surface area (Å²) in [5.41, 5.74) is 1.78. The predicted octanol–water partition coefficient (Wildman–Crippen LogP) is 1.39. The lowest BCUT2D eigenvalue weighted by molar-refractivity contribution is 0.122. The van der Waals surface area contributed by atoms with Gasteiger partial charge in [-0.15, -0.1) is 0 Å². The van der Waals surface area contributed by atoms with Crippen molar-refractivity contribution in [3.05, 3.63) is 24.3 Å². The molecular weight excluding hydrogens is 234 g/mol. The summed E-state index contributed by atoms with van der Waals surface area (Å²) in [4.78, 5) is 24.2. The van der Waals surface area contributed by atoms with Gasteiger partial charge in [0.15, 0.2) is 0 Å². The Balaban J connectivity index is 0.000000492. The number of anilines is 1. The van der Waals surface area contributed by atoms with Crippen LogP contribution in [0, 0.1) is 5.41 Å². The van der Waals surface area contributed by atoms with Crippen LogP contribution < -0.4 is 4.90 Å². The van der Waals surface area contributed by atoms with E-state index in [1.54, 1.807) is 0 Å². The molecule has 94 valence electrons. The lowest BCUT2D eigenvalue weighted by Gasteiger charge is -2.28. The number of morpholine rings is 1. The second-order valence-corrected chi connectivity index (χ2v) is 3.42. The fourth-order valence-corrected chi connectivity index (χ4v) is 1.61. The summed E-state index contributed by atoms with van der Waals surface area (Å²) in [5, 5.41) is 5.40. The van der Waals surface area contributed by atoms with Crippen LogP contribution in [0.2, 0.25) is 0 Å². The molecule has 1 N–H and O–H groups in total. The first kappa shape index (κ1) is 13.8. The lowest BCUT2D eigenvalue weighted by atomic mass is 10.2. The van der Waals surface area contributed by atoms with Gasteiger partial charge in [-0.1, -0.05) is 0 Å². The third-order valence-corrected chi connectivity index (χ3v) is 2.40. The minimum atomic E-state index is 0.641. The zero-order valence-corrected chi connectivity index (χ0v) is 9.76. The Bertz CT molecular complexity index is 440. The number of nitrogens with zero attached hydrogens (tertiary/aromatic N) is 2. The first-order valence-corrected chi connectivity index (χ1v) is 5.36. The van der Waals surface area contributed by atoms with Gasteiger partial charge in [0.05, 0.1) is 18.9 Å². The molecule has 1 saturated heterocycles. The van der Waals surface area contributed by atoms with Crippen LogP contribution in [0.5, 0.6) is 0 Å². The van der Waals surface area contributed by atoms with Crippen LogP contribution in [0.15, 0.2) is 29.3 Å². The van der Waals surface area contributed by atoms with E-state index in [9.17, 15) is 4.79 Å². The molecule has 1 aliphatic heterocycles. The second-order valence-electron chi connectivity index (χ2n) is 3.42. The second kappa shape index (κ2) is 7.92. The van der Waals surface area contributed by atoms with E-state index < -0.39 is 0 Å². The molecule has 0 radical (unpaired) electrons. The van der Waals surface area contributed by atoms with Crippen LogP contribution in [0.4, 0.5) is 11.4 Å². The molecule has 0 atom stereocenters. The van der Waals surface area contributed by atoms with Crippen molar-refractivity contribution < 1.29 is 14.3 Å². The van der Waals surface area contributed by atoms with Gasteiger partial charge in [-0.05, 0) is 24.3 Å². The Labute approximate surface area is 104 Å². The summed E-state index contributed by atoms with van der Waals surface area (Å²) < 4.78 is 5.27. The zero-order chi connectivity index (χ0) is 13.2. The molecule has 0 aliphatic carbocycles. The maximum Gasteiger partial charge on any atom is 0.240 e. The highest BCUT2D eigenvalue weighted by atomic mass is 16.5. The third kappa shape index (κ3) is 4.31. The molecule has 6 heteroatoms. The van der Waals surface area contributed by atoms with E-state index in [1.165, 1.54) is 6.08 Å². The van der Waals surface area contributed by atoms with E-state index in [0.29, 0.717) is 5.69 Å². The molecule has 18 heavy (non-hydrogen) atoms. The van der Waals surface area contributed by atoms with Crippen LogP contribution in [0.25, 0.3) is 0 Å². The van der Waals surface area contributed by atoms with Gasteiger partial charge in [-0.3, -0.25) is 0 Å². The highest BCUT2D eigenvalue weighted by molar-refractivity contribution is 5.56. The van der Waals surface area contributed by atoms with Crippen LogP contribution in [-0.4, -0.2) is 38.5 Å². The molecule has 0 saturated carbocycles. The number of isocyanates is 2. The number of hydrogen-bond donors (Lipinski definition) is 1. The molecule has 6 nitrogen and oxygen atoms in total. The normalized spacial score (nSPS) is 13.7. The van der Waals surface area contributed by atoms with Crippen molar-refractivity contribution in [2.75, 3.05) is 31.2 Å². The van der Waals surface area contributed by atoms with Crippen molar-refractivity contribution in [1.29, 1.82) is 5.41 Å². The van der Waals surface area contributed by atoms with Gasteiger partial charge in [-0.25, -0.2) is 15.0 Å². The van der Waals surface area contributed by atoms with Gasteiger partial charge in [-0.2, -0.15) is 4.99 Å². The fraction of sp³-hybridized carbons (Fsp3) is 0.333. The zero-order valence-electron chi connectivity index (χ0n) is 9.76. The number of aliphatic imine (C=N–C) groups is 1. The molecule has 1 aliphatic rings. The first-order valence-electron chi connectivity index (χ1n) is 5.36. The van der Waals surface area contributed by atoms with Gasteiger partial charge in [0.25, 0.3) is 0 Å². The topological polar surface area (TPSA) is 82.8 Å². The molecule has 0 bridgehead atoms.